The zero-order chi connectivity index (χ0) is 21.5. The van der Waals surface area contributed by atoms with Crippen molar-refractivity contribution in [3.05, 3.63) is 47.9 Å². The number of fused-ring (bicyclic) bond motifs is 2. The van der Waals surface area contributed by atoms with Crippen LogP contribution in [0.15, 0.2) is 42.9 Å². The maximum Gasteiger partial charge on any atom is 0.167 e. The van der Waals surface area contributed by atoms with Gasteiger partial charge in [-0.25, -0.2) is 19.3 Å². The van der Waals surface area contributed by atoms with E-state index in [1.807, 2.05) is 37.4 Å². The van der Waals surface area contributed by atoms with Crippen LogP contribution < -0.4 is 15.8 Å². The van der Waals surface area contributed by atoms with E-state index in [0.717, 1.165) is 16.7 Å². The molecule has 8 nitrogen and oxygen atoms in total. The van der Waals surface area contributed by atoms with Gasteiger partial charge >= 0.3 is 0 Å². The number of benzene rings is 1. The number of halogens is 2. The van der Waals surface area contributed by atoms with E-state index in [1.54, 1.807) is 10.8 Å². The second-order valence-corrected chi connectivity index (χ2v) is 7.76. The normalized spacial score (nSPS) is 21.1. The topological polar surface area (TPSA) is 100 Å². The van der Waals surface area contributed by atoms with Gasteiger partial charge in [-0.3, -0.25) is 0 Å². The smallest absolute Gasteiger partial charge is 0.167 e. The summed E-state index contributed by atoms with van der Waals surface area (Å²) in [5, 5.41) is 4.87. The van der Waals surface area contributed by atoms with Gasteiger partial charge in [-0.05, 0) is 24.3 Å². The Labute approximate surface area is 182 Å². The SMILES string of the molecule is CNc1ccc2ccc(OCC3CC(F)C(n4cc(Cl)c5c(N)ncnc54)O3)cc2n1. The van der Waals surface area contributed by atoms with Crippen molar-refractivity contribution in [2.75, 3.05) is 24.7 Å². The Balaban J connectivity index is 1.32. The first-order valence-electron chi connectivity index (χ1n) is 9.81. The van der Waals surface area contributed by atoms with E-state index in [-0.39, 0.29) is 18.8 Å². The highest BCUT2D eigenvalue weighted by Gasteiger charge is 2.38. The van der Waals surface area contributed by atoms with Crippen LogP contribution in [0.25, 0.3) is 21.9 Å². The van der Waals surface area contributed by atoms with E-state index >= 15 is 0 Å². The molecule has 0 spiro atoms. The predicted molar refractivity (Wildman–Crippen MR) is 117 cm³/mol. The maximum atomic E-state index is 14.8. The standard InChI is InChI=1S/C21H20ClFN6O2/c1-25-17-5-3-11-2-4-12(7-16(11)28-17)30-9-13-6-15(23)21(31-13)29-8-14(22)18-19(24)26-10-27-20(18)29/h2-5,7-8,10,13,15,21H,6,9H2,1H3,(H,25,28)(H2,24,26,27). The van der Waals surface area contributed by atoms with Crippen LogP contribution in [0.2, 0.25) is 5.02 Å². The molecule has 5 rings (SSSR count). The van der Waals surface area contributed by atoms with E-state index in [2.05, 4.69) is 20.3 Å². The van der Waals surface area contributed by atoms with Gasteiger partial charge in [-0.15, -0.1) is 0 Å². The number of aromatic nitrogens is 4. The molecule has 0 aliphatic carbocycles. The van der Waals surface area contributed by atoms with Crippen molar-refractivity contribution in [2.45, 2.75) is 24.9 Å². The lowest BCUT2D eigenvalue weighted by atomic mass is 10.2. The lowest BCUT2D eigenvalue weighted by Crippen LogP contribution is -2.19. The fourth-order valence-corrected chi connectivity index (χ4v) is 4.11. The van der Waals surface area contributed by atoms with Crippen molar-refractivity contribution in [2.24, 2.45) is 0 Å². The van der Waals surface area contributed by atoms with Crippen molar-refractivity contribution >= 4 is 45.2 Å². The predicted octanol–water partition coefficient (Wildman–Crippen LogP) is 3.96. The number of rotatable bonds is 5. The van der Waals surface area contributed by atoms with Crippen molar-refractivity contribution in [1.29, 1.82) is 0 Å². The molecule has 3 N–H and O–H groups in total. The Hall–Kier alpha value is -3.17. The minimum atomic E-state index is -1.24. The molecule has 1 aliphatic rings. The summed E-state index contributed by atoms with van der Waals surface area (Å²) in [6.45, 7) is 0.207. The van der Waals surface area contributed by atoms with Gasteiger partial charge in [0.25, 0.3) is 0 Å². The molecule has 1 aliphatic heterocycles. The van der Waals surface area contributed by atoms with E-state index in [1.165, 1.54) is 6.33 Å². The first-order chi connectivity index (χ1) is 15.0. The van der Waals surface area contributed by atoms with Crippen LogP contribution in [0.4, 0.5) is 16.0 Å². The summed E-state index contributed by atoms with van der Waals surface area (Å²) < 4.78 is 28.2. The maximum absolute atomic E-state index is 14.8. The molecular formula is C21H20ClFN6O2. The molecule has 0 radical (unpaired) electrons. The number of nitrogens with two attached hydrogens (primary N) is 1. The van der Waals surface area contributed by atoms with E-state index < -0.39 is 18.5 Å². The van der Waals surface area contributed by atoms with Gasteiger partial charge in [-0.2, -0.15) is 0 Å². The van der Waals surface area contributed by atoms with Crippen LogP contribution >= 0.6 is 11.6 Å². The highest BCUT2D eigenvalue weighted by Crippen LogP contribution is 2.37. The average molecular weight is 443 g/mol. The first kappa shape index (κ1) is 19.8. The lowest BCUT2D eigenvalue weighted by Gasteiger charge is -2.17. The molecule has 0 saturated carbocycles. The number of alkyl halides is 1. The molecule has 3 aromatic heterocycles. The van der Waals surface area contributed by atoms with Gasteiger partial charge in [0.15, 0.2) is 6.23 Å². The summed E-state index contributed by atoms with van der Waals surface area (Å²) in [6, 6.07) is 9.55. The van der Waals surface area contributed by atoms with Crippen molar-refractivity contribution in [1.82, 2.24) is 19.5 Å². The van der Waals surface area contributed by atoms with Crippen LogP contribution in [-0.2, 0) is 4.74 Å². The van der Waals surface area contributed by atoms with Crippen LogP contribution in [0.1, 0.15) is 12.6 Å². The highest BCUT2D eigenvalue weighted by molar-refractivity contribution is 6.36. The van der Waals surface area contributed by atoms with Crippen LogP contribution in [0.3, 0.4) is 0 Å². The molecule has 0 amide bonds. The van der Waals surface area contributed by atoms with Crippen molar-refractivity contribution < 1.29 is 13.9 Å². The van der Waals surface area contributed by atoms with Gasteiger partial charge in [0.1, 0.15) is 42.1 Å². The molecular weight excluding hydrogens is 423 g/mol. The van der Waals surface area contributed by atoms with Crippen LogP contribution in [0, 0.1) is 0 Å². The van der Waals surface area contributed by atoms with E-state index in [0.29, 0.717) is 21.8 Å². The van der Waals surface area contributed by atoms with Crippen LogP contribution in [0.5, 0.6) is 5.75 Å². The summed E-state index contributed by atoms with van der Waals surface area (Å²) in [5.41, 5.74) is 7.13. The van der Waals surface area contributed by atoms with Gasteiger partial charge in [-0.1, -0.05) is 11.6 Å². The molecule has 3 unspecified atom stereocenters. The fraction of sp³-hybridized carbons (Fsp3) is 0.286. The molecule has 1 fully saturated rings. The molecule has 4 heterocycles. The third-order valence-electron chi connectivity index (χ3n) is 5.35. The lowest BCUT2D eigenvalue weighted by molar-refractivity contribution is -0.0310. The Kier molecular flexibility index (Phi) is 4.99. The molecule has 160 valence electrons. The monoisotopic (exact) mass is 442 g/mol. The minimum absolute atomic E-state index is 0.193. The number of anilines is 2. The Morgan fingerprint density at radius 1 is 1.32 bits per heavy atom. The Bertz CT molecular complexity index is 1270. The number of hydrogen-bond donors (Lipinski definition) is 2. The molecule has 31 heavy (non-hydrogen) atoms. The number of ether oxygens (including phenoxy) is 2. The molecule has 1 aromatic carbocycles. The fourth-order valence-electron chi connectivity index (χ4n) is 3.82. The number of nitrogens with one attached hydrogen (secondary N) is 1. The number of nitrogens with zero attached hydrogens (tertiary/aromatic N) is 4. The zero-order valence-corrected chi connectivity index (χ0v) is 17.4. The van der Waals surface area contributed by atoms with Gasteiger partial charge < -0.3 is 25.1 Å². The zero-order valence-electron chi connectivity index (χ0n) is 16.6. The summed E-state index contributed by atoms with van der Waals surface area (Å²) in [7, 11) is 1.82. The summed E-state index contributed by atoms with van der Waals surface area (Å²) in [6.07, 6.45) is 0.551. The van der Waals surface area contributed by atoms with Gasteiger partial charge in [0, 0.05) is 31.1 Å². The highest BCUT2D eigenvalue weighted by atomic mass is 35.5. The molecule has 4 aromatic rings. The van der Waals surface area contributed by atoms with Crippen molar-refractivity contribution in [3.63, 3.8) is 0 Å². The van der Waals surface area contributed by atoms with Gasteiger partial charge in [0.2, 0.25) is 0 Å². The molecule has 1 saturated heterocycles. The molecule has 10 heteroatoms. The first-order valence-corrected chi connectivity index (χ1v) is 10.2. The molecule has 0 bridgehead atoms. The number of nitrogen functional groups attached to an aromatic ring is 1. The third kappa shape index (κ3) is 3.60. The number of hydrogen-bond acceptors (Lipinski definition) is 7. The van der Waals surface area contributed by atoms with E-state index in [9.17, 15) is 4.39 Å². The summed E-state index contributed by atoms with van der Waals surface area (Å²) in [5.74, 6) is 1.66. The molecule has 3 atom stereocenters. The third-order valence-corrected chi connectivity index (χ3v) is 5.64. The second kappa shape index (κ2) is 7.82. The van der Waals surface area contributed by atoms with Crippen LogP contribution in [-0.4, -0.2) is 45.4 Å². The Morgan fingerprint density at radius 2 is 2.16 bits per heavy atom. The summed E-state index contributed by atoms with van der Waals surface area (Å²) >= 11 is 6.26. The minimum Gasteiger partial charge on any atom is -0.491 e. The Morgan fingerprint density at radius 3 is 3.00 bits per heavy atom. The summed E-state index contributed by atoms with van der Waals surface area (Å²) in [4.78, 5) is 12.7. The second-order valence-electron chi connectivity index (χ2n) is 7.35. The average Bonchev–Trinajstić information content (AvgIpc) is 3.31. The number of pyridine rings is 1. The van der Waals surface area contributed by atoms with E-state index in [4.69, 9.17) is 26.8 Å². The quantitative estimate of drug-likeness (QED) is 0.482. The van der Waals surface area contributed by atoms with Gasteiger partial charge in [0.05, 0.1) is 22.0 Å². The van der Waals surface area contributed by atoms with Crippen molar-refractivity contribution in [3.8, 4) is 5.75 Å². The largest absolute Gasteiger partial charge is 0.491 e.